The van der Waals surface area contributed by atoms with Gasteiger partial charge in [0.2, 0.25) is 17.7 Å². The van der Waals surface area contributed by atoms with Gasteiger partial charge in [-0.2, -0.15) is 0 Å². The maximum absolute atomic E-state index is 13.0. The number of carbonyl (C=O) groups is 5. The number of fused-ring (bicyclic) bond motifs is 3. The van der Waals surface area contributed by atoms with E-state index in [9.17, 15) is 29.1 Å². The van der Waals surface area contributed by atoms with E-state index >= 15 is 0 Å². The van der Waals surface area contributed by atoms with E-state index in [0.29, 0.717) is 6.42 Å². The highest BCUT2D eigenvalue weighted by Crippen LogP contribution is 2.44. The third-order valence-corrected chi connectivity index (χ3v) is 7.40. The number of carbonyl (C=O) groups excluding carboxylic acids is 4. The van der Waals surface area contributed by atoms with E-state index in [0.717, 1.165) is 22.3 Å². The van der Waals surface area contributed by atoms with Gasteiger partial charge in [-0.15, -0.1) is 0 Å². The number of hydrogen-bond acceptors (Lipinski definition) is 6. The van der Waals surface area contributed by atoms with Crippen LogP contribution in [0.2, 0.25) is 0 Å². The molecule has 2 aromatic rings. The number of carboxylic acids is 1. The second kappa shape index (κ2) is 15.9. The molecule has 44 heavy (non-hydrogen) atoms. The minimum absolute atomic E-state index is 0.00373. The number of benzene rings is 2. The maximum Gasteiger partial charge on any atom is 0.407 e. The van der Waals surface area contributed by atoms with Crippen LogP contribution in [0.1, 0.15) is 70.9 Å². The molecule has 0 saturated carbocycles. The second-order valence-electron chi connectivity index (χ2n) is 12.0. The van der Waals surface area contributed by atoms with Crippen LogP contribution >= 0.6 is 0 Å². The zero-order valence-electron chi connectivity index (χ0n) is 26.0. The second-order valence-corrected chi connectivity index (χ2v) is 12.0. The summed E-state index contributed by atoms with van der Waals surface area (Å²) in [5.74, 6) is -2.78. The van der Waals surface area contributed by atoms with Gasteiger partial charge in [0.1, 0.15) is 24.7 Å². The standard InChI is InChI=1S/C33H44N4O7/c1-19(2)16-27(31(40)35-21(5)30(39)37-28(32(41)42)17-20(3)4)36-29(38)14-15-34-33(43)44-18-26-24-12-8-6-10-22(24)23-11-7-9-13-25(23)26/h6-13,19-21,26-28H,14-18H2,1-5H3,(H,34,43)(H,35,40)(H,36,38)(H,37,39)(H,41,42). The Morgan fingerprint density at radius 1 is 0.750 bits per heavy atom. The molecular formula is C33H44N4O7. The molecule has 0 saturated heterocycles. The lowest BCUT2D eigenvalue weighted by molar-refractivity contribution is -0.142. The van der Waals surface area contributed by atoms with Gasteiger partial charge >= 0.3 is 12.1 Å². The van der Waals surface area contributed by atoms with Crippen molar-refractivity contribution < 1.29 is 33.8 Å². The molecule has 5 N–H and O–H groups in total. The van der Waals surface area contributed by atoms with E-state index < -0.39 is 47.9 Å². The average molecular weight is 609 g/mol. The van der Waals surface area contributed by atoms with Gasteiger partial charge < -0.3 is 31.1 Å². The number of amides is 4. The van der Waals surface area contributed by atoms with E-state index in [1.165, 1.54) is 6.92 Å². The van der Waals surface area contributed by atoms with Gasteiger partial charge in [0.05, 0.1) is 0 Å². The zero-order chi connectivity index (χ0) is 32.4. The highest BCUT2D eigenvalue weighted by molar-refractivity contribution is 5.93. The van der Waals surface area contributed by atoms with Crippen LogP contribution < -0.4 is 21.3 Å². The molecule has 11 heteroatoms. The van der Waals surface area contributed by atoms with Crippen LogP contribution in [0.25, 0.3) is 11.1 Å². The van der Waals surface area contributed by atoms with Crippen molar-refractivity contribution in [2.24, 2.45) is 11.8 Å². The number of aliphatic carboxylic acids is 1. The zero-order valence-corrected chi connectivity index (χ0v) is 26.0. The average Bonchev–Trinajstić information content (AvgIpc) is 3.28. The predicted octanol–water partition coefficient (Wildman–Crippen LogP) is 3.57. The van der Waals surface area contributed by atoms with Gasteiger partial charge in [0.15, 0.2) is 0 Å². The number of carboxylic acid groups (broad SMARTS) is 1. The lowest BCUT2D eigenvalue weighted by Crippen LogP contribution is -2.55. The number of hydrogen-bond donors (Lipinski definition) is 5. The highest BCUT2D eigenvalue weighted by Gasteiger charge is 2.30. The molecule has 0 bridgehead atoms. The van der Waals surface area contributed by atoms with Gasteiger partial charge in [-0.25, -0.2) is 9.59 Å². The van der Waals surface area contributed by atoms with Crippen molar-refractivity contribution in [3.63, 3.8) is 0 Å². The first-order valence-electron chi connectivity index (χ1n) is 15.1. The molecule has 3 rings (SSSR count). The van der Waals surface area contributed by atoms with Crippen molar-refractivity contribution in [3.8, 4) is 11.1 Å². The molecule has 3 atom stereocenters. The molecule has 11 nitrogen and oxygen atoms in total. The Morgan fingerprint density at radius 2 is 1.30 bits per heavy atom. The van der Waals surface area contributed by atoms with Crippen molar-refractivity contribution in [2.45, 2.75) is 77.9 Å². The molecule has 0 spiro atoms. The largest absolute Gasteiger partial charge is 0.480 e. The number of alkyl carbamates (subject to hydrolysis) is 1. The summed E-state index contributed by atoms with van der Waals surface area (Å²) >= 11 is 0. The minimum atomic E-state index is -1.15. The molecule has 238 valence electrons. The molecule has 0 aromatic heterocycles. The molecule has 1 aliphatic carbocycles. The van der Waals surface area contributed by atoms with Crippen LogP contribution in [0.3, 0.4) is 0 Å². The van der Waals surface area contributed by atoms with Gasteiger partial charge in [-0.05, 0) is 53.9 Å². The molecule has 0 radical (unpaired) electrons. The molecular weight excluding hydrogens is 564 g/mol. The van der Waals surface area contributed by atoms with Crippen LogP contribution in [0, 0.1) is 11.8 Å². The first-order chi connectivity index (χ1) is 20.9. The molecule has 0 heterocycles. The quantitative estimate of drug-likeness (QED) is 0.206. The van der Waals surface area contributed by atoms with Crippen molar-refractivity contribution in [3.05, 3.63) is 59.7 Å². The highest BCUT2D eigenvalue weighted by atomic mass is 16.5. The Morgan fingerprint density at radius 3 is 1.84 bits per heavy atom. The summed E-state index contributed by atoms with van der Waals surface area (Å²) in [6.45, 7) is 9.09. The summed E-state index contributed by atoms with van der Waals surface area (Å²) in [5, 5.41) is 19.7. The summed E-state index contributed by atoms with van der Waals surface area (Å²) in [7, 11) is 0. The van der Waals surface area contributed by atoms with Gasteiger partial charge in [-0.1, -0.05) is 76.2 Å². The molecule has 0 aliphatic heterocycles. The molecule has 3 unspecified atom stereocenters. The summed E-state index contributed by atoms with van der Waals surface area (Å²) in [6.07, 6.45) is -0.167. The summed E-state index contributed by atoms with van der Waals surface area (Å²) in [5.41, 5.74) is 4.44. The van der Waals surface area contributed by atoms with Gasteiger partial charge in [0, 0.05) is 18.9 Å². The van der Waals surface area contributed by atoms with Crippen molar-refractivity contribution in [1.82, 2.24) is 21.3 Å². The summed E-state index contributed by atoms with van der Waals surface area (Å²) in [4.78, 5) is 62.2. The Bertz CT molecular complexity index is 1300. The Hall–Kier alpha value is -4.41. The summed E-state index contributed by atoms with van der Waals surface area (Å²) in [6, 6.07) is 13.0. The SMILES string of the molecule is CC(C)CC(NC(=O)C(C)NC(=O)C(CC(C)C)NC(=O)CCNC(=O)OCC1c2ccccc2-c2ccccc21)C(=O)O. The normalized spacial score (nSPS) is 14.2. The minimum Gasteiger partial charge on any atom is -0.480 e. The van der Waals surface area contributed by atoms with E-state index in [1.807, 2.05) is 64.1 Å². The fraction of sp³-hybridized carbons (Fsp3) is 0.485. The van der Waals surface area contributed by atoms with E-state index in [1.54, 1.807) is 0 Å². The first-order valence-corrected chi connectivity index (χ1v) is 15.1. The van der Waals surface area contributed by atoms with E-state index in [-0.39, 0.29) is 43.7 Å². The maximum atomic E-state index is 13.0. The predicted molar refractivity (Wildman–Crippen MR) is 166 cm³/mol. The molecule has 0 fully saturated rings. The van der Waals surface area contributed by atoms with Crippen molar-refractivity contribution >= 4 is 29.8 Å². The van der Waals surface area contributed by atoms with E-state index in [2.05, 4.69) is 33.4 Å². The third kappa shape index (κ3) is 9.55. The number of nitrogens with one attached hydrogen (secondary N) is 4. The lowest BCUT2D eigenvalue weighted by atomic mass is 9.98. The third-order valence-electron chi connectivity index (χ3n) is 7.40. The van der Waals surface area contributed by atoms with Gasteiger partial charge in [0.25, 0.3) is 0 Å². The fourth-order valence-corrected chi connectivity index (χ4v) is 5.27. The molecule has 2 aromatic carbocycles. The first kappa shape index (κ1) is 34.1. The van der Waals surface area contributed by atoms with E-state index in [4.69, 9.17) is 4.74 Å². The smallest absolute Gasteiger partial charge is 0.407 e. The topological polar surface area (TPSA) is 163 Å². The number of ether oxygens (including phenoxy) is 1. The van der Waals surface area contributed by atoms with Crippen molar-refractivity contribution in [2.75, 3.05) is 13.2 Å². The Labute approximate surface area is 258 Å². The van der Waals surface area contributed by atoms with Crippen molar-refractivity contribution in [1.29, 1.82) is 0 Å². The van der Waals surface area contributed by atoms with Crippen LogP contribution in [-0.2, 0) is 23.9 Å². The monoisotopic (exact) mass is 608 g/mol. The number of rotatable bonds is 15. The lowest BCUT2D eigenvalue weighted by Gasteiger charge is -2.24. The van der Waals surface area contributed by atoms with Crippen LogP contribution in [-0.4, -0.2) is 66.2 Å². The summed E-state index contributed by atoms with van der Waals surface area (Å²) < 4.78 is 5.50. The Balaban J connectivity index is 1.46. The Kier molecular flexibility index (Phi) is 12.3. The molecule has 4 amide bonds. The fourth-order valence-electron chi connectivity index (χ4n) is 5.27. The van der Waals surface area contributed by atoms with Crippen LogP contribution in [0.15, 0.2) is 48.5 Å². The molecule has 1 aliphatic rings. The van der Waals surface area contributed by atoms with Gasteiger partial charge in [-0.3, -0.25) is 14.4 Å². The van der Waals surface area contributed by atoms with Crippen LogP contribution in [0.5, 0.6) is 0 Å². The van der Waals surface area contributed by atoms with Crippen LogP contribution in [0.4, 0.5) is 4.79 Å².